The molecule has 0 saturated carbocycles. The second kappa shape index (κ2) is 17.4. The van der Waals surface area contributed by atoms with E-state index in [0.29, 0.717) is 0 Å². The molecule has 288 valence electrons. The summed E-state index contributed by atoms with van der Waals surface area (Å²) in [5.74, 6) is 0. The number of hydrogen-bond acceptors (Lipinski definition) is 0. The van der Waals surface area contributed by atoms with Crippen molar-refractivity contribution >= 4 is 15.9 Å². The second-order valence-corrected chi connectivity index (χ2v) is 18.5. The number of aryl methyl sites for hydroxylation is 2. The van der Waals surface area contributed by atoms with Gasteiger partial charge in [0.2, 0.25) is 0 Å². The molecular formula is C54H65Br. The van der Waals surface area contributed by atoms with Crippen LogP contribution in [-0.4, -0.2) is 0 Å². The van der Waals surface area contributed by atoms with Gasteiger partial charge in [-0.05, 0) is 129 Å². The maximum atomic E-state index is 3.74. The van der Waals surface area contributed by atoms with Crippen molar-refractivity contribution < 1.29 is 0 Å². The van der Waals surface area contributed by atoms with Gasteiger partial charge in [0, 0.05) is 15.3 Å². The number of fused-ring (bicyclic) bond motifs is 6. The van der Waals surface area contributed by atoms with Gasteiger partial charge in [0.05, 0.1) is 0 Å². The standard InChI is InChI=1S/C54H65Br/c1-7-9-11-13-15-17-21-31-54(32-22-18-16-14-12-10-8-2)48-24-20-19-23-43(48)46-29-26-41(36-51(46)54)40-25-28-44-45-30-27-42(37-50(45)53(5,6)49(44)35-40)47-33-39(4)52(55)34-38(47)3/h19-20,23-30,33-37H,7-18,21-22,31-32H2,1-6H3. The Hall–Kier alpha value is -3.42. The molecule has 5 aromatic rings. The molecule has 0 aromatic heterocycles. The number of benzene rings is 5. The average Bonchev–Trinajstić information content (AvgIpc) is 3.59. The van der Waals surface area contributed by atoms with Crippen LogP contribution in [0, 0.1) is 13.8 Å². The first-order valence-corrected chi connectivity index (χ1v) is 22.8. The van der Waals surface area contributed by atoms with Crippen LogP contribution in [0.3, 0.4) is 0 Å². The Morgan fingerprint density at radius 1 is 0.418 bits per heavy atom. The van der Waals surface area contributed by atoms with Gasteiger partial charge in [-0.1, -0.05) is 200 Å². The van der Waals surface area contributed by atoms with Gasteiger partial charge < -0.3 is 0 Å². The molecule has 0 radical (unpaired) electrons. The van der Waals surface area contributed by atoms with Crippen LogP contribution >= 0.6 is 15.9 Å². The zero-order chi connectivity index (χ0) is 38.6. The number of halogens is 1. The highest BCUT2D eigenvalue weighted by atomic mass is 79.9. The third kappa shape index (κ3) is 7.94. The molecule has 0 nitrogen and oxygen atoms in total. The van der Waals surface area contributed by atoms with E-state index in [1.165, 1.54) is 174 Å². The van der Waals surface area contributed by atoms with E-state index in [-0.39, 0.29) is 10.8 Å². The number of rotatable bonds is 18. The van der Waals surface area contributed by atoms with Crippen LogP contribution in [0.1, 0.15) is 164 Å². The molecule has 1 heteroatoms. The van der Waals surface area contributed by atoms with E-state index < -0.39 is 0 Å². The Balaban J connectivity index is 1.21. The molecule has 0 heterocycles. The highest BCUT2D eigenvalue weighted by Crippen LogP contribution is 2.56. The highest BCUT2D eigenvalue weighted by molar-refractivity contribution is 9.10. The minimum absolute atomic E-state index is 0.0834. The van der Waals surface area contributed by atoms with Gasteiger partial charge in [0.1, 0.15) is 0 Å². The summed E-state index contributed by atoms with van der Waals surface area (Å²) in [5.41, 5.74) is 19.7. The van der Waals surface area contributed by atoms with E-state index in [2.05, 4.69) is 148 Å². The Labute approximate surface area is 342 Å². The monoisotopic (exact) mass is 792 g/mol. The predicted octanol–water partition coefficient (Wildman–Crippen LogP) is 17.3. The molecule has 5 aromatic carbocycles. The Morgan fingerprint density at radius 3 is 1.45 bits per heavy atom. The maximum absolute atomic E-state index is 3.74. The minimum Gasteiger partial charge on any atom is -0.0654 e. The molecule has 2 aliphatic rings. The topological polar surface area (TPSA) is 0 Å². The molecule has 0 amide bonds. The van der Waals surface area contributed by atoms with E-state index in [9.17, 15) is 0 Å². The Morgan fingerprint density at radius 2 is 0.873 bits per heavy atom. The summed E-state index contributed by atoms with van der Waals surface area (Å²) in [6.07, 6.45) is 21.6. The van der Waals surface area contributed by atoms with Crippen molar-refractivity contribution in [2.75, 3.05) is 0 Å². The van der Waals surface area contributed by atoms with Gasteiger partial charge in [-0.2, -0.15) is 0 Å². The lowest BCUT2D eigenvalue weighted by molar-refractivity contribution is 0.397. The van der Waals surface area contributed by atoms with E-state index in [1.54, 1.807) is 11.1 Å². The first-order valence-electron chi connectivity index (χ1n) is 22.0. The van der Waals surface area contributed by atoms with Crippen LogP contribution in [-0.2, 0) is 10.8 Å². The lowest BCUT2D eigenvalue weighted by Gasteiger charge is -2.33. The van der Waals surface area contributed by atoms with Gasteiger partial charge in [-0.3, -0.25) is 0 Å². The molecule has 0 atom stereocenters. The van der Waals surface area contributed by atoms with Gasteiger partial charge in [0.25, 0.3) is 0 Å². The average molecular weight is 794 g/mol. The van der Waals surface area contributed by atoms with E-state index in [0.717, 1.165) is 0 Å². The van der Waals surface area contributed by atoms with Gasteiger partial charge in [-0.25, -0.2) is 0 Å². The molecule has 55 heavy (non-hydrogen) atoms. The van der Waals surface area contributed by atoms with Gasteiger partial charge in [0.15, 0.2) is 0 Å². The summed E-state index contributed by atoms with van der Waals surface area (Å²) in [6.45, 7) is 13.9. The van der Waals surface area contributed by atoms with Crippen LogP contribution in [0.15, 0.2) is 95.5 Å². The molecule has 0 bridgehead atoms. The molecule has 7 rings (SSSR count). The first-order chi connectivity index (χ1) is 26.7. The summed E-state index contributed by atoms with van der Waals surface area (Å²) in [6, 6.07) is 36.1. The zero-order valence-electron chi connectivity index (χ0n) is 34.9. The van der Waals surface area contributed by atoms with Crippen LogP contribution in [0.2, 0.25) is 0 Å². The molecule has 0 unspecified atom stereocenters. The van der Waals surface area contributed by atoms with Crippen LogP contribution in [0.5, 0.6) is 0 Å². The number of hydrogen-bond donors (Lipinski definition) is 0. The second-order valence-electron chi connectivity index (χ2n) is 17.7. The Bertz CT molecular complexity index is 2090. The first kappa shape index (κ1) is 39.8. The fourth-order valence-electron chi connectivity index (χ4n) is 10.2. The van der Waals surface area contributed by atoms with Crippen molar-refractivity contribution in [2.45, 2.75) is 155 Å². The fraction of sp³-hybridized carbons (Fsp3) is 0.444. The van der Waals surface area contributed by atoms with Crippen molar-refractivity contribution in [1.82, 2.24) is 0 Å². The third-order valence-corrected chi connectivity index (χ3v) is 14.4. The van der Waals surface area contributed by atoms with Gasteiger partial charge in [-0.15, -0.1) is 0 Å². The summed E-state index contributed by atoms with van der Waals surface area (Å²) < 4.78 is 1.18. The molecule has 0 spiro atoms. The van der Waals surface area contributed by atoms with Crippen LogP contribution in [0.25, 0.3) is 44.5 Å². The lowest BCUT2D eigenvalue weighted by atomic mass is 9.70. The Kier molecular flexibility index (Phi) is 12.6. The quantitative estimate of drug-likeness (QED) is 0.0775. The van der Waals surface area contributed by atoms with E-state index in [4.69, 9.17) is 0 Å². The van der Waals surface area contributed by atoms with Crippen molar-refractivity contribution in [2.24, 2.45) is 0 Å². The molecule has 0 aliphatic heterocycles. The zero-order valence-corrected chi connectivity index (χ0v) is 36.4. The molecular weight excluding hydrogens is 728 g/mol. The van der Waals surface area contributed by atoms with Crippen LogP contribution < -0.4 is 0 Å². The molecule has 0 fully saturated rings. The fourth-order valence-corrected chi connectivity index (χ4v) is 10.7. The van der Waals surface area contributed by atoms with Crippen molar-refractivity contribution in [3.8, 4) is 44.5 Å². The van der Waals surface area contributed by atoms with E-state index in [1.807, 2.05) is 0 Å². The predicted molar refractivity (Wildman–Crippen MR) is 243 cm³/mol. The molecule has 0 N–H and O–H groups in total. The summed E-state index contributed by atoms with van der Waals surface area (Å²) >= 11 is 3.74. The molecule has 0 saturated heterocycles. The SMILES string of the molecule is CCCCCCCCCC1(CCCCCCCCC)c2ccccc2-c2ccc(-c3ccc4c(c3)C(C)(C)c3cc(-c5cc(C)c(Br)cc5C)ccc3-4)cc21. The number of unbranched alkanes of at least 4 members (excludes halogenated alkanes) is 12. The van der Waals surface area contributed by atoms with Crippen LogP contribution in [0.4, 0.5) is 0 Å². The summed E-state index contributed by atoms with van der Waals surface area (Å²) in [5, 5.41) is 0. The van der Waals surface area contributed by atoms with Gasteiger partial charge >= 0.3 is 0 Å². The van der Waals surface area contributed by atoms with Crippen molar-refractivity contribution in [3.05, 3.63) is 129 Å². The van der Waals surface area contributed by atoms with Crippen molar-refractivity contribution in [3.63, 3.8) is 0 Å². The summed E-state index contributed by atoms with van der Waals surface area (Å²) in [4.78, 5) is 0. The minimum atomic E-state index is -0.0834. The smallest absolute Gasteiger partial charge is 0.0215 e. The van der Waals surface area contributed by atoms with Crippen molar-refractivity contribution in [1.29, 1.82) is 0 Å². The third-order valence-electron chi connectivity index (χ3n) is 13.5. The normalized spacial score (nSPS) is 14.5. The lowest BCUT2D eigenvalue weighted by Crippen LogP contribution is -2.25. The summed E-state index contributed by atoms with van der Waals surface area (Å²) in [7, 11) is 0. The largest absolute Gasteiger partial charge is 0.0654 e. The van der Waals surface area contributed by atoms with E-state index >= 15 is 0 Å². The molecule has 2 aliphatic carbocycles. The maximum Gasteiger partial charge on any atom is 0.0215 e. The highest BCUT2D eigenvalue weighted by Gasteiger charge is 2.42.